The van der Waals surface area contributed by atoms with Crippen LogP contribution in [-0.4, -0.2) is 42.5 Å². The van der Waals surface area contributed by atoms with Gasteiger partial charge in [0.15, 0.2) is 0 Å². The van der Waals surface area contributed by atoms with Gasteiger partial charge in [0.2, 0.25) is 5.91 Å². The summed E-state index contributed by atoms with van der Waals surface area (Å²) < 4.78 is 5.51. The van der Waals surface area contributed by atoms with Crippen molar-refractivity contribution in [3.63, 3.8) is 0 Å². The van der Waals surface area contributed by atoms with Gasteiger partial charge in [0.25, 0.3) is 5.91 Å². The molecule has 1 aromatic heterocycles. The molecule has 7 heteroatoms. The van der Waals surface area contributed by atoms with Crippen molar-refractivity contribution in [1.82, 2.24) is 10.2 Å². The normalized spacial score (nSPS) is 15.0. The van der Waals surface area contributed by atoms with Crippen molar-refractivity contribution in [2.45, 2.75) is 25.5 Å². The number of thiophene rings is 1. The van der Waals surface area contributed by atoms with Crippen molar-refractivity contribution >= 4 is 34.8 Å². The average Bonchev–Trinajstić information content (AvgIpc) is 3.19. The van der Waals surface area contributed by atoms with Gasteiger partial charge in [0.05, 0.1) is 6.61 Å². The molecule has 1 fully saturated rings. The molecule has 0 saturated carbocycles. The number of nitrogens with one attached hydrogen (secondary N) is 1. The lowest BCUT2D eigenvalue weighted by molar-refractivity contribution is -0.137. The Morgan fingerprint density at radius 1 is 1.23 bits per heavy atom. The van der Waals surface area contributed by atoms with Crippen molar-refractivity contribution < 1.29 is 14.3 Å². The van der Waals surface area contributed by atoms with Gasteiger partial charge in [-0.1, -0.05) is 29.8 Å². The Bertz CT molecular complexity index is 743. The molecule has 2 aromatic rings. The molecule has 0 spiro atoms. The van der Waals surface area contributed by atoms with E-state index in [0.29, 0.717) is 30.3 Å². The zero-order valence-electron chi connectivity index (χ0n) is 14.3. The van der Waals surface area contributed by atoms with Gasteiger partial charge >= 0.3 is 0 Å². The van der Waals surface area contributed by atoms with Crippen LogP contribution in [0.5, 0.6) is 0 Å². The SMILES string of the molecule is O=C(NC1CCN(C(=O)COCc2ccccc2Cl)CC1)c1ccsc1. The lowest BCUT2D eigenvalue weighted by atomic mass is 10.0. The molecule has 0 aliphatic carbocycles. The molecule has 1 saturated heterocycles. The third-order valence-electron chi connectivity index (χ3n) is 4.41. The van der Waals surface area contributed by atoms with Crippen molar-refractivity contribution in [3.05, 3.63) is 57.2 Å². The zero-order chi connectivity index (χ0) is 18.4. The van der Waals surface area contributed by atoms with E-state index in [1.807, 2.05) is 35.0 Å². The number of nitrogens with zero attached hydrogens (tertiary/aromatic N) is 1. The topological polar surface area (TPSA) is 58.6 Å². The number of benzene rings is 1. The van der Waals surface area contributed by atoms with Crippen LogP contribution in [0.15, 0.2) is 41.1 Å². The highest BCUT2D eigenvalue weighted by atomic mass is 35.5. The van der Waals surface area contributed by atoms with E-state index in [2.05, 4.69) is 5.32 Å². The molecule has 0 atom stereocenters. The molecule has 1 aliphatic heterocycles. The minimum Gasteiger partial charge on any atom is -0.367 e. The third-order valence-corrected chi connectivity index (χ3v) is 5.46. The maximum absolute atomic E-state index is 12.3. The molecular weight excluding hydrogens is 372 g/mol. The summed E-state index contributed by atoms with van der Waals surface area (Å²) in [6, 6.07) is 9.36. The molecule has 0 radical (unpaired) electrons. The van der Waals surface area contributed by atoms with E-state index in [9.17, 15) is 9.59 Å². The molecule has 5 nitrogen and oxygen atoms in total. The predicted octanol–water partition coefficient (Wildman–Crippen LogP) is 3.34. The van der Waals surface area contributed by atoms with Crippen LogP contribution in [0.1, 0.15) is 28.8 Å². The molecule has 0 unspecified atom stereocenters. The minimum atomic E-state index is -0.0425. The summed E-state index contributed by atoms with van der Waals surface area (Å²) in [6.07, 6.45) is 1.51. The van der Waals surface area contributed by atoms with Crippen molar-refractivity contribution in [3.8, 4) is 0 Å². The van der Waals surface area contributed by atoms with Gasteiger partial charge in [0, 0.05) is 35.1 Å². The van der Waals surface area contributed by atoms with Crippen molar-refractivity contribution in [1.29, 1.82) is 0 Å². The molecule has 1 aromatic carbocycles. The second-order valence-corrected chi connectivity index (χ2v) is 7.41. The summed E-state index contributed by atoms with van der Waals surface area (Å²) in [5, 5.41) is 7.40. The van der Waals surface area contributed by atoms with Crippen molar-refractivity contribution in [2.24, 2.45) is 0 Å². The maximum atomic E-state index is 12.3. The van der Waals surface area contributed by atoms with Gasteiger partial charge < -0.3 is 15.0 Å². The van der Waals surface area contributed by atoms with Crippen LogP contribution in [0.2, 0.25) is 5.02 Å². The average molecular weight is 393 g/mol. The molecule has 3 rings (SSSR count). The molecule has 1 aliphatic rings. The van der Waals surface area contributed by atoms with Crippen LogP contribution < -0.4 is 5.32 Å². The molecular formula is C19H21ClN2O3S. The Hall–Kier alpha value is -1.89. The predicted molar refractivity (Wildman–Crippen MR) is 102 cm³/mol. The molecule has 1 N–H and O–H groups in total. The maximum Gasteiger partial charge on any atom is 0.252 e. The van der Waals surface area contributed by atoms with E-state index in [0.717, 1.165) is 18.4 Å². The number of ether oxygens (including phenoxy) is 1. The highest BCUT2D eigenvalue weighted by Gasteiger charge is 2.24. The first-order valence-corrected chi connectivity index (χ1v) is 9.87. The zero-order valence-corrected chi connectivity index (χ0v) is 15.9. The molecule has 26 heavy (non-hydrogen) atoms. The summed E-state index contributed by atoms with van der Waals surface area (Å²) in [5.74, 6) is -0.0706. The van der Waals surface area contributed by atoms with Crippen LogP contribution in [0.25, 0.3) is 0 Å². The molecule has 0 bridgehead atoms. The van der Waals surface area contributed by atoms with E-state index in [1.165, 1.54) is 11.3 Å². The monoisotopic (exact) mass is 392 g/mol. The first kappa shape index (κ1) is 18.9. The van der Waals surface area contributed by atoms with Crippen LogP contribution >= 0.6 is 22.9 Å². The van der Waals surface area contributed by atoms with Crippen LogP contribution in [0.3, 0.4) is 0 Å². The first-order chi connectivity index (χ1) is 12.6. The fourth-order valence-electron chi connectivity index (χ4n) is 2.89. The standard InChI is InChI=1S/C19H21ClN2O3S/c20-17-4-2-1-3-14(17)11-25-12-18(23)22-8-5-16(6-9-22)21-19(24)15-7-10-26-13-15/h1-4,7,10,13,16H,5-6,8-9,11-12H2,(H,21,24). The summed E-state index contributed by atoms with van der Waals surface area (Å²) in [7, 11) is 0. The summed E-state index contributed by atoms with van der Waals surface area (Å²) in [6.45, 7) is 1.61. The minimum absolute atomic E-state index is 0.0281. The highest BCUT2D eigenvalue weighted by Crippen LogP contribution is 2.16. The van der Waals surface area contributed by atoms with E-state index in [-0.39, 0.29) is 24.5 Å². The van der Waals surface area contributed by atoms with E-state index in [1.54, 1.807) is 11.0 Å². The van der Waals surface area contributed by atoms with Crippen LogP contribution in [-0.2, 0) is 16.1 Å². The fourth-order valence-corrected chi connectivity index (χ4v) is 3.72. The lowest BCUT2D eigenvalue weighted by Crippen LogP contribution is -2.47. The van der Waals surface area contributed by atoms with Gasteiger partial charge in [-0.15, -0.1) is 0 Å². The third kappa shape index (κ3) is 5.06. The number of hydrogen-bond acceptors (Lipinski definition) is 4. The number of halogens is 1. The van der Waals surface area contributed by atoms with Crippen LogP contribution in [0.4, 0.5) is 0 Å². The molecule has 2 amide bonds. The number of hydrogen-bond donors (Lipinski definition) is 1. The Morgan fingerprint density at radius 3 is 2.69 bits per heavy atom. The number of amides is 2. The van der Waals surface area contributed by atoms with Gasteiger partial charge in [-0.05, 0) is 35.9 Å². The Kier molecular flexibility index (Phi) is 6.66. The molecule has 2 heterocycles. The Morgan fingerprint density at radius 2 is 2.00 bits per heavy atom. The van der Waals surface area contributed by atoms with E-state index >= 15 is 0 Å². The Labute approximate surface area is 161 Å². The van der Waals surface area contributed by atoms with E-state index < -0.39 is 0 Å². The van der Waals surface area contributed by atoms with Gasteiger partial charge in [0.1, 0.15) is 6.61 Å². The highest BCUT2D eigenvalue weighted by molar-refractivity contribution is 7.08. The van der Waals surface area contributed by atoms with Crippen LogP contribution in [0, 0.1) is 0 Å². The summed E-state index contributed by atoms with van der Waals surface area (Å²) >= 11 is 7.58. The molecule has 138 valence electrons. The summed E-state index contributed by atoms with van der Waals surface area (Å²) in [4.78, 5) is 26.1. The number of rotatable bonds is 6. The van der Waals surface area contributed by atoms with Gasteiger partial charge in [-0.3, -0.25) is 9.59 Å². The van der Waals surface area contributed by atoms with Gasteiger partial charge in [-0.2, -0.15) is 11.3 Å². The summed E-state index contributed by atoms with van der Waals surface area (Å²) in [5.41, 5.74) is 1.57. The van der Waals surface area contributed by atoms with E-state index in [4.69, 9.17) is 16.3 Å². The number of piperidine rings is 1. The largest absolute Gasteiger partial charge is 0.367 e. The lowest BCUT2D eigenvalue weighted by Gasteiger charge is -2.32. The first-order valence-electron chi connectivity index (χ1n) is 8.55. The number of likely N-dealkylation sites (tertiary alicyclic amines) is 1. The quantitative estimate of drug-likeness (QED) is 0.820. The smallest absolute Gasteiger partial charge is 0.252 e. The second-order valence-electron chi connectivity index (χ2n) is 6.22. The fraction of sp³-hybridized carbons (Fsp3) is 0.368. The van der Waals surface area contributed by atoms with Gasteiger partial charge in [-0.25, -0.2) is 0 Å². The van der Waals surface area contributed by atoms with Crippen molar-refractivity contribution in [2.75, 3.05) is 19.7 Å². The second kappa shape index (κ2) is 9.16. The number of carbonyl (C=O) groups excluding carboxylic acids is 2. The Balaban J connectivity index is 1.38. The number of carbonyl (C=O) groups is 2.